The van der Waals surface area contributed by atoms with Crippen LogP contribution in [0.4, 0.5) is 5.69 Å². The average Bonchev–Trinajstić information content (AvgIpc) is 2.74. The van der Waals surface area contributed by atoms with Gasteiger partial charge in [-0.1, -0.05) is 49.2 Å². The molecular weight excluding hydrogens is 390 g/mol. The summed E-state index contributed by atoms with van der Waals surface area (Å²) in [5.74, 6) is -0.987. The molecule has 0 atom stereocenters. The quantitative estimate of drug-likeness (QED) is 0.275. The summed E-state index contributed by atoms with van der Waals surface area (Å²) in [6.07, 6.45) is 2.98. The van der Waals surface area contributed by atoms with Crippen LogP contribution in [-0.2, 0) is 16.1 Å². The number of unbranched alkanes of at least 4 members (excludes halogenated alkanes) is 1. The van der Waals surface area contributed by atoms with Crippen molar-refractivity contribution in [3.63, 3.8) is 0 Å². The summed E-state index contributed by atoms with van der Waals surface area (Å²) in [6, 6.07) is 15.6. The number of hydrogen-bond acceptors (Lipinski definition) is 5. The second-order valence-electron chi connectivity index (χ2n) is 6.16. The minimum absolute atomic E-state index is 0.117. The molecule has 0 fully saturated rings. The Morgan fingerprint density at radius 1 is 1.17 bits per heavy atom. The molecule has 0 aromatic heterocycles. The van der Waals surface area contributed by atoms with Gasteiger partial charge in [-0.2, -0.15) is 5.26 Å². The molecule has 2 aromatic carbocycles. The average molecular weight is 412 g/mol. The molecular formula is C22H22ClN3O3. The van der Waals surface area contributed by atoms with Crippen molar-refractivity contribution in [1.29, 1.82) is 5.26 Å². The van der Waals surface area contributed by atoms with Crippen LogP contribution in [-0.4, -0.2) is 18.5 Å². The smallest absolute Gasteiger partial charge is 0.340 e. The van der Waals surface area contributed by atoms with Gasteiger partial charge in [-0.25, -0.2) is 4.79 Å². The van der Waals surface area contributed by atoms with Gasteiger partial charge in [-0.05, 0) is 36.2 Å². The highest BCUT2D eigenvalue weighted by atomic mass is 35.5. The molecule has 0 heterocycles. The third kappa shape index (κ3) is 6.98. The highest BCUT2D eigenvalue weighted by Crippen LogP contribution is 2.17. The Bertz CT molecular complexity index is 918. The van der Waals surface area contributed by atoms with E-state index in [-0.39, 0.29) is 12.1 Å². The molecule has 2 rings (SSSR count). The first-order valence-electron chi connectivity index (χ1n) is 9.20. The fraction of sp³-hybridized carbons (Fsp3) is 0.227. The fourth-order valence-electron chi connectivity index (χ4n) is 2.35. The maximum atomic E-state index is 12.3. The first kappa shape index (κ1) is 22.0. The second-order valence-corrected chi connectivity index (χ2v) is 6.59. The lowest BCUT2D eigenvalue weighted by atomic mass is 10.1. The second kappa shape index (κ2) is 11.5. The Kier molecular flexibility index (Phi) is 8.74. The van der Waals surface area contributed by atoms with E-state index in [1.54, 1.807) is 48.5 Å². The van der Waals surface area contributed by atoms with E-state index in [1.807, 2.05) is 13.0 Å². The molecule has 0 aliphatic heterocycles. The third-order valence-electron chi connectivity index (χ3n) is 3.98. The SMILES string of the molecule is CCCCOC(=O)c1ccccc1N/C=C(/C#N)C(=O)NCc1ccc(Cl)cc1. The van der Waals surface area contributed by atoms with E-state index in [1.165, 1.54) is 6.20 Å². The number of rotatable bonds is 9. The maximum absolute atomic E-state index is 12.3. The van der Waals surface area contributed by atoms with Gasteiger partial charge < -0.3 is 15.4 Å². The number of esters is 1. The van der Waals surface area contributed by atoms with Crippen molar-refractivity contribution in [2.45, 2.75) is 26.3 Å². The van der Waals surface area contributed by atoms with E-state index in [4.69, 9.17) is 16.3 Å². The topological polar surface area (TPSA) is 91.2 Å². The Morgan fingerprint density at radius 2 is 1.90 bits per heavy atom. The van der Waals surface area contributed by atoms with Crippen molar-refractivity contribution in [2.75, 3.05) is 11.9 Å². The molecule has 29 heavy (non-hydrogen) atoms. The number of hydrogen-bond donors (Lipinski definition) is 2. The Labute approximate surface area is 175 Å². The number of ether oxygens (including phenoxy) is 1. The van der Waals surface area contributed by atoms with Crippen LogP contribution in [0.2, 0.25) is 5.02 Å². The number of nitriles is 1. The van der Waals surface area contributed by atoms with Crippen molar-refractivity contribution < 1.29 is 14.3 Å². The van der Waals surface area contributed by atoms with Gasteiger partial charge in [0.25, 0.3) is 5.91 Å². The number of amides is 1. The number of para-hydroxylation sites is 1. The molecule has 6 nitrogen and oxygen atoms in total. The van der Waals surface area contributed by atoms with E-state index in [0.717, 1.165) is 18.4 Å². The number of carbonyl (C=O) groups excluding carboxylic acids is 2. The van der Waals surface area contributed by atoms with Crippen LogP contribution in [0, 0.1) is 11.3 Å². The fourth-order valence-corrected chi connectivity index (χ4v) is 2.48. The lowest BCUT2D eigenvalue weighted by molar-refractivity contribution is -0.117. The van der Waals surface area contributed by atoms with Crippen LogP contribution in [0.1, 0.15) is 35.7 Å². The van der Waals surface area contributed by atoms with Crippen LogP contribution in [0.5, 0.6) is 0 Å². The molecule has 2 aromatic rings. The standard InChI is InChI=1S/C22H22ClN3O3/c1-2-3-12-29-22(28)19-6-4-5-7-20(19)25-15-17(13-24)21(27)26-14-16-8-10-18(23)11-9-16/h4-11,15,25H,2-3,12,14H2,1H3,(H,26,27)/b17-15-. The molecule has 1 amide bonds. The van der Waals surface area contributed by atoms with Crippen LogP contribution in [0.3, 0.4) is 0 Å². The number of carbonyl (C=O) groups is 2. The first-order chi connectivity index (χ1) is 14.0. The number of nitrogens with zero attached hydrogens (tertiary/aromatic N) is 1. The van der Waals surface area contributed by atoms with Crippen LogP contribution in [0.25, 0.3) is 0 Å². The number of nitrogens with one attached hydrogen (secondary N) is 2. The van der Waals surface area contributed by atoms with Crippen LogP contribution in [0.15, 0.2) is 60.3 Å². The summed E-state index contributed by atoms with van der Waals surface area (Å²) >= 11 is 5.84. The zero-order chi connectivity index (χ0) is 21.1. The van der Waals surface area contributed by atoms with E-state index in [9.17, 15) is 14.9 Å². The molecule has 0 radical (unpaired) electrons. The molecule has 150 valence electrons. The zero-order valence-electron chi connectivity index (χ0n) is 16.1. The number of halogens is 1. The minimum atomic E-state index is -0.530. The third-order valence-corrected chi connectivity index (χ3v) is 4.23. The Morgan fingerprint density at radius 3 is 2.59 bits per heavy atom. The van der Waals surface area contributed by atoms with E-state index in [2.05, 4.69) is 10.6 Å². The molecule has 2 N–H and O–H groups in total. The minimum Gasteiger partial charge on any atom is -0.462 e. The van der Waals surface area contributed by atoms with Gasteiger partial charge in [-0.15, -0.1) is 0 Å². The summed E-state index contributed by atoms with van der Waals surface area (Å²) in [5, 5.41) is 15.4. The van der Waals surface area contributed by atoms with Crippen molar-refractivity contribution in [3.05, 3.63) is 76.5 Å². The largest absolute Gasteiger partial charge is 0.462 e. The number of benzene rings is 2. The van der Waals surface area contributed by atoms with Gasteiger partial charge in [0.15, 0.2) is 0 Å². The van der Waals surface area contributed by atoms with Gasteiger partial charge >= 0.3 is 5.97 Å². The van der Waals surface area contributed by atoms with Gasteiger partial charge in [0, 0.05) is 17.8 Å². The summed E-state index contributed by atoms with van der Waals surface area (Å²) in [6.45, 7) is 2.61. The monoisotopic (exact) mass is 411 g/mol. The molecule has 0 saturated heterocycles. The van der Waals surface area contributed by atoms with Gasteiger partial charge in [0.05, 0.1) is 17.9 Å². The normalized spacial score (nSPS) is 10.7. The van der Waals surface area contributed by atoms with Crippen LogP contribution >= 0.6 is 11.6 Å². The van der Waals surface area contributed by atoms with Crippen molar-refractivity contribution >= 4 is 29.2 Å². The molecule has 7 heteroatoms. The Balaban J connectivity index is 2.02. The maximum Gasteiger partial charge on any atom is 0.340 e. The van der Waals surface area contributed by atoms with E-state index >= 15 is 0 Å². The van der Waals surface area contributed by atoms with Gasteiger partial charge in [0.2, 0.25) is 0 Å². The summed E-state index contributed by atoms with van der Waals surface area (Å²) in [4.78, 5) is 24.5. The van der Waals surface area contributed by atoms with Crippen molar-refractivity contribution in [1.82, 2.24) is 5.32 Å². The first-order valence-corrected chi connectivity index (χ1v) is 9.58. The molecule has 0 aliphatic rings. The molecule has 0 aliphatic carbocycles. The summed E-state index contributed by atoms with van der Waals surface area (Å²) < 4.78 is 5.23. The van der Waals surface area contributed by atoms with Crippen molar-refractivity contribution in [3.8, 4) is 6.07 Å². The lowest BCUT2D eigenvalue weighted by Crippen LogP contribution is -2.24. The lowest BCUT2D eigenvalue weighted by Gasteiger charge is -2.10. The van der Waals surface area contributed by atoms with E-state index in [0.29, 0.717) is 22.9 Å². The van der Waals surface area contributed by atoms with Crippen molar-refractivity contribution in [2.24, 2.45) is 0 Å². The predicted molar refractivity (Wildman–Crippen MR) is 112 cm³/mol. The zero-order valence-corrected chi connectivity index (χ0v) is 16.8. The Hall–Kier alpha value is -3.30. The van der Waals surface area contributed by atoms with Gasteiger partial charge in [-0.3, -0.25) is 4.79 Å². The summed E-state index contributed by atoms with van der Waals surface area (Å²) in [7, 11) is 0. The molecule has 0 saturated carbocycles. The highest BCUT2D eigenvalue weighted by Gasteiger charge is 2.13. The summed E-state index contributed by atoms with van der Waals surface area (Å²) in [5.41, 5.74) is 1.52. The molecule has 0 unspecified atom stereocenters. The van der Waals surface area contributed by atoms with Crippen LogP contribution < -0.4 is 10.6 Å². The van der Waals surface area contributed by atoms with Gasteiger partial charge in [0.1, 0.15) is 11.6 Å². The molecule has 0 bridgehead atoms. The van der Waals surface area contributed by atoms with E-state index < -0.39 is 11.9 Å². The predicted octanol–water partition coefficient (Wildman–Crippen LogP) is 4.43. The highest BCUT2D eigenvalue weighted by molar-refractivity contribution is 6.30. The molecule has 0 spiro atoms. The number of anilines is 1.